The maximum atomic E-state index is 13.6. The molecule has 1 N–H and O–H groups in total. The third kappa shape index (κ3) is 6.48. The number of pyridine rings is 1. The number of likely N-dealkylation sites (N-methyl/N-ethyl adjacent to an activating group) is 1. The summed E-state index contributed by atoms with van der Waals surface area (Å²) in [5.74, 6) is 0.0528. The number of carbonyl (C=O) groups is 2. The molecule has 7 nitrogen and oxygen atoms in total. The van der Waals surface area contributed by atoms with E-state index in [9.17, 15) is 9.59 Å². The van der Waals surface area contributed by atoms with Crippen LogP contribution in [-0.2, 0) is 6.54 Å². The number of halogens is 1. The van der Waals surface area contributed by atoms with E-state index in [-0.39, 0.29) is 29.9 Å². The summed E-state index contributed by atoms with van der Waals surface area (Å²) in [5, 5.41) is 3.65. The number of aromatic nitrogens is 1. The lowest BCUT2D eigenvalue weighted by Gasteiger charge is -2.38. The fourth-order valence-electron chi connectivity index (χ4n) is 4.50. The lowest BCUT2D eigenvalue weighted by atomic mass is 9.99. The minimum atomic E-state index is -0.293. The topological polar surface area (TPSA) is 74.8 Å². The van der Waals surface area contributed by atoms with Gasteiger partial charge in [0.2, 0.25) is 0 Å². The average Bonchev–Trinajstić information content (AvgIpc) is 2.88. The molecule has 0 radical (unpaired) electrons. The Balaban J connectivity index is 1.65. The number of benzene rings is 2. The van der Waals surface area contributed by atoms with E-state index >= 15 is 0 Å². The fraction of sp³-hybridized carbons (Fsp3) is 0.345. The fourth-order valence-corrected chi connectivity index (χ4v) is 4.62. The number of amides is 2. The molecule has 0 unspecified atom stereocenters. The van der Waals surface area contributed by atoms with E-state index in [2.05, 4.69) is 22.1 Å². The third-order valence-corrected chi connectivity index (χ3v) is 6.82. The van der Waals surface area contributed by atoms with Crippen LogP contribution in [0.4, 0.5) is 5.69 Å². The Morgan fingerprint density at radius 2 is 1.86 bits per heavy atom. The van der Waals surface area contributed by atoms with Gasteiger partial charge >= 0.3 is 0 Å². The number of carbonyl (C=O) groups excluding carboxylic acids is 2. The highest BCUT2D eigenvalue weighted by molar-refractivity contribution is 6.30. The van der Waals surface area contributed by atoms with Crippen molar-refractivity contribution in [2.75, 3.05) is 25.5 Å². The van der Waals surface area contributed by atoms with Crippen LogP contribution < -0.4 is 10.1 Å². The van der Waals surface area contributed by atoms with E-state index in [0.29, 0.717) is 40.7 Å². The quantitative estimate of drug-likeness (QED) is 0.453. The van der Waals surface area contributed by atoms with Crippen molar-refractivity contribution in [3.63, 3.8) is 0 Å². The summed E-state index contributed by atoms with van der Waals surface area (Å²) in [5.41, 5.74) is 2.53. The van der Waals surface area contributed by atoms with Crippen molar-refractivity contribution in [3.8, 4) is 5.75 Å². The van der Waals surface area contributed by atoms with Gasteiger partial charge in [0.05, 0.1) is 11.3 Å². The molecular weight excluding hydrogens is 488 g/mol. The molecule has 2 heterocycles. The summed E-state index contributed by atoms with van der Waals surface area (Å²) >= 11 is 6.05. The van der Waals surface area contributed by atoms with Crippen molar-refractivity contribution in [1.29, 1.82) is 0 Å². The molecule has 2 aromatic carbocycles. The number of anilines is 1. The summed E-state index contributed by atoms with van der Waals surface area (Å²) in [4.78, 5) is 34.6. The van der Waals surface area contributed by atoms with Crippen LogP contribution in [0.1, 0.15) is 47.1 Å². The second-order valence-electron chi connectivity index (χ2n) is 9.88. The Morgan fingerprint density at radius 3 is 2.54 bits per heavy atom. The van der Waals surface area contributed by atoms with Crippen LogP contribution in [-0.4, -0.2) is 58.9 Å². The van der Waals surface area contributed by atoms with Gasteiger partial charge in [0.25, 0.3) is 11.8 Å². The number of fused-ring (bicyclic) bond motifs is 1. The van der Waals surface area contributed by atoms with Gasteiger partial charge in [0.1, 0.15) is 6.10 Å². The van der Waals surface area contributed by atoms with Crippen molar-refractivity contribution in [2.24, 2.45) is 5.92 Å². The SMILES string of the molecule is CC(C)N1C[C@@H](C)[C@H](CN(C)Cc2ccc(Cl)cc2)Oc2c(NC(=O)c3ccncc3)cccc2C1=O. The summed E-state index contributed by atoms with van der Waals surface area (Å²) in [6.07, 6.45) is 2.92. The molecule has 2 atom stereocenters. The van der Waals surface area contributed by atoms with Crippen molar-refractivity contribution < 1.29 is 14.3 Å². The Labute approximate surface area is 223 Å². The van der Waals surface area contributed by atoms with Crippen molar-refractivity contribution in [2.45, 2.75) is 39.5 Å². The Morgan fingerprint density at radius 1 is 1.16 bits per heavy atom. The maximum Gasteiger partial charge on any atom is 0.257 e. The lowest BCUT2D eigenvalue weighted by molar-refractivity contribution is 0.0433. The van der Waals surface area contributed by atoms with Gasteiger partial charge in [-0.1, -0.05) is 36.7 Å². The highest BCUT2D eigenvalue weighted by atomic mass is 35.5. The Kier molecular flexibility index (Phi) is 8.46. The number of para-hydroxylation sites is 1. The highest BCUT2D eigenvalue weighted by Gasteiger charge is 2.34. The first-order valence-corrected chi connectivity index (χ1v) is 12.9. The van der Waals surface area contributed by atoms with Crippen LogP contribution in [0.25, 0.3) is 0 Å². The first kappa shape index (κ1) is 26.6. The van der Waals surface area contributed by atoms with Crippen LogP contribution in [0.5, 0.6) is 5.75 Å². The van der Waals surface area contributed by atoms with E-state index in [1.807, 2.05) is 50.1 Å². The first-order chi connectivity index (χ1) is 17.7. The molecule has 1 aliphatic heterocycles. The molecule has 0 bridgehead atoms. The Hall–Kier alpha value is -3.42. The molecule has 0 saturated heterocycles. The number of nitrogens with zero attached hydrogens (tertiary/aromatic N) is 3. The van der Waals surface area contributed by atoms with Gasteiger partial charge in [-0.05, 0) is 62.9 Å². The monoisotopic (exact) mass is 520 g/mol. The van der Waals surface area contributed by atoms with Crippen molar-refractivity contribution >= 4 is 29.1 Å². The number of rotatable bonds is 7. The smallest absolute Gasteiger partial charge is 0.257 e. The van der Waals surface area contributed by atoms with Crippen LogP contribution >= 0.6 is 11.6 Å². The summed E-state index contributed by atoms with van der Waals surface area (Å²) in [7, 11) is 2.05. The van der Waals surface area contributed by atoms with Gasteiger partial charge < -0.3 is 15.0 Å². The number of hydrogen-bond acceptors (Lipinski definition) is 5. The molecule has 37 heavy (non-hydrogen) atoms. The van der Waals surface area contributed by atoms with E-state index in [4.69, 9.17) is 16.3 Å². The molecule has 0 saturated carbocycles. The predicted octanol–water partition coefficient (Wildman–Crippen LogP) is 5.37. The standard InChI is InChI=1S/C29H33ClN4O3/c1-19(2)34-16-20(3)26(18-33(4)17-21-8-10-23(30)11-9-21)37-27-24(29(34)36)6-5-7-25(27)32-28(35)22-12-14-31-15-13-22/h5-15,19-20,26H,16-18H2,1-4H3,(H,32,35)/t20-,26+/m1/s1. The lowest BCUT2D eigenvalue weighted by Crippen LogP contribution is -2.48. The van der Waals surface area contributed by atoms with E-state index in [1.54, 1.807) is 42.7 Å². The second-order valence-corrected chi connectivity index (χ2v) is 10.3. The average molecular weight is 521 g/mol. The number of ether oxygens (including phenoxy) is 1. The zero-order chi connectivity index (χ0) is 26.5. The van der Waals surface area contributed by atoms with Crippen LogP contribution in [0.2, 0.25) is 5.02 Å². The second kappa shape index (κ2) is 11.8. The van der Waals surface area contributed by atoms with Gasteiger partial charge in [-0.25, -0.2) is 0 Å². The first-order valence-electron chi connectivity index (χ1n) is 12.5. The van der Waals surface area contributed by atoms with E-state index < -0.39 is 0 Å². The molecule has 2 amide bonds. The van der Waals surface area contributed by atoms with Gasteiger partial charge in [-0.15, -0.1) is 0 Å². The predicted molar refractivity (Wildman–Crippen MR) is 146 cm³/mol. The van der Waals surface area contributed by atoms with Gasteiger partial charge in [0.15, 0.2) is 5.75 Å². The van der Waals surface area contributed by atoms with E-state index in [1.165, 1.54) is 0 Å². The zero-order valence-electron chi connectivity index (χ0n) is 21.6. The number of nitrogens with one attached hydrogen (secondary N) is 1. The maximum absolute atomic E-state index is 13.6. The molecule has 194 valence electrons. The summed E-state index contributed by atoms with van der Waals surface area (Å²) < 4.78 is 6.61. The molecule has 0 aliphatic carbocycles. The van der Waals surface area contributed by atoms with Gasteiger partial charge in [-0.3, -0.25) is 19.5 Å². The van der Waals surface area contributed by atoms with Crippen molar-refractivity contribution in [3.05, 3.63) is 88.7 Å². The highest BCUT2D eigenvalue weighted by Crippen LogP contribution is 2.35. The molecule has 1 aromatic heterocycles. The molecule has 8 heteroatoms. The van der Waals surface area contributed by atoms with Crippen molar-refractivity contribution in [1.82, 2.24) is 14.8 Å². The minimum absolute atomic E-state index is 0.0170. The number of hydrogen-bond donors (Lipinski definition) is 1. The molecule has 1 aliphatic rings. The van der Waals surface area contributed by atoms with Gasteiger partial charge in [-0.2, -0.15) is 0 Å². The van der Waals surface area contributed by atoms with E-state index in [0.717, 1.165) is 12.1 Å². The summed E-state index contributed by atoms with van der Waals surface area (Å²) in [6.45, 7) is 8.07. The summed E-state index contributed by atoms with van der Waals surface area (Å²) in [6, 6.07) is 16.4. The molecule has 4 rings (SSSR count). The molecule has 0 fully saturated rings. The zero-order valence-corrected chi connectivity index (χ0v) is 22.4. The Bertz CT molecular complexity index is 1230. The van der Waals surface area contributed by atoms with Crippen LogP contribution in [0.3, 0.4) is 0 Å². The third-order valence-electron chi connectivity index (χ3n) is 6.57. The normalized spacial score (nSPS) is 17.7. The minimum Gasteiger partial charge on any atom is -0.486 e. The molecular formula is C29H33ClN4O3. The van der Waals surface area contributed by atoms with Gasteiger partial charge in [0, 0.05) is 54.6 Å². The molecule has 3 aromatic rings. The van der Waals surface area contributed by atoms with Crippen LogP contribution in [0.15, 0.2) is 67.0 Å². The largest absolute Gasteiger partial charge is 0.486 e. The molecule has 0 spiro atoms. The van der Waals surface area contributed by atoms with Crippen LogP contribution in [0, 0.1) is 5.92 Å².